The predicted molar refractivity (Wildman–Crippen MR) is 120 cm³/mol. The lowest BCUT2D eigenvalue weighted by atomic mass is 9.52. The quantitative estimate of drug-likeness (QED) is 0.691. The van der Waals surface area contributed by atoms with Gasteiger partial charge in [-0.05, 0) is 67.9 Å². The number of hydrogen-bond acceptors (Lipinski definition) is 5. The van der Waals surface area contributed by atoms with E-state index in [9.17, 15) is 9.90 Å². The largest absolute Gasteiger partial charge is 0.390 e. The van der Waals surface area contributed by atoms with E-state index in [1.807, 2.05) is 18.3 Å². The van der Waals surface area contributed by atoms with Gasteiger partial charge in [-0.25, -0.2) is 0 Å². The Labute approximate surface area is 183 Å². The fraction of sp³-hybridized carbons (Fsp3) is 0.500. The average molecular weight is 416 g/mol. The lowest BCUT2D eigenvalue weighted by Gasteiger charge is -2.58. The van der Waals surface area contributed by atoms with Gasteiger partial charge in [0.05, 0.1) is 22.5 Å². The van der Waals surface area contributed by atoms with Crippen LogP contribution >= 0.6 is 0 Å². The van der Waals surface area contributed by atoms with Crippen LogP contribution in [0.2, 0.25) is 0 Å². The number of Topliss-reactive ketones (excluding diaryl/α,β-unsaturated/α-hetero) is 1. The molecule has 0 spiro atoms. The van der Waals surface area contributed by atoms with Crippen LogP contribution < -0.4 is 5.32 Å². The van der Waals surface area contributed by atoms with E-state index in [0.29, 0.717) is 42.2 Å². The molecule has 4 bridgehead atoms. The fourth-order valence-electron chi connectivity index (χ4n) is 6.89. The van der Waals surface area contributed by atoms with Gasteiger partial charge in [0.1, 0.15) is 0 Å². The van der Waals surface area contributed by atoms with Crippen LogP contribution in [-0.2, 0) is 12.8 Å². The van der Waals surface area contributed by atoms with Crippen molar-refractivity contribution in [2.45, 2.75) is 63.0 Å². The van der Waals surface area contributed by atoms with E-state index in [-0.39, 0.29) is 5.78 Å². The first-order valence-corrected chi connectivity index (χ1v) is 11.7. The van der Waals surface area contributed by atoms with E-state index in [2.05, 4.69) is 27.4 Å². The number of carbonyl (C=O) groups is 1. The summed E-state index contributed by atoms with van der Waals surface area (Å²) in [7, 11) is 0. The second-order valence-electron chi connectivity index (χ2n) is 10.2. The van der Waals surface area contributed by atoms with Gasteiger partial charge in [-0.1, -0.05) is 18.2 Å². The van der Waals surface area contributed by atoms with Crippen molar-refractivity contribution >= 4 is 17.5 Å². The number of fused-ring (bicyclic) bond motifs is 1. The summed E-state index contributed by atoms with van der Waals surface area (Å²) in [4.78, 5) is 22.0. The molecule has 0 aliphatic heterocycles. The summed E-state index contributed by atoms with van der Waals surface area (Å²) in [6.07, 6.45) is 16.7. The Morgan fingerprint density at radius 2 is 2.03 bits per heavy atom. The lowest BCUT2D eigenvalue weighted by Crippen LogP contribution is -2.59. The molecule has 2 aromatic heterocycles. The Bertz CT molecular complexity index is 1030. The highest BCUT2D eigenvalue weighted by molar-refractivity contribution is 6.03. The minimum Gasteiger partial charge on any atom is -0.390 e. The third-order valence-corrected chi connectivity index (χ3v) is 8.01. The first-order valence-electron chi connectivity index (χ1n) is 11.7. The van der Waals surface area contributed by atoms with Gasteiger partial charge >= 0.3 is 0 Å². The van der Waals surface area contributed by atoms with Crippen LogP contribution in [0, 0.1) is 17.8 Å². The highest BCUT2D eigenvalue weighted by atomic mass is 16.3. The molecule has 2 aromatic rings. The Morgan fingerprint density at radius 3 is 2.77 bits per heavy atom. The lowest BCUT2D eigenvalue weighted by molar-refractivity contribution is -0.129. The molecule has 5 nitrogen and oxygen atoms in total. The van der Waals surface area contributed by atoms with E-state index in [0.717, 1.165) is 48.2 Å². The molecule has 5 heteroatoms. The van der Waals surface area contributed by atoms with Gasteiger partial charge in [0, 0.05) is 43.0 Å². The van der Waals surface area contributed by atoms with Gasteiger partial charge in [-0.2, -0.15) is 0 Å². The molecule has 4 saturated carbocycles. The van der Waals surface area contributed by atoms with Gasteiger partial charge in [-0.15, -0.1) is 0 Å². The summed E-state index contributed by atoms with van der Waals surface area (Å²) in [6, 6.07) is 4.26. The van der Waals surface area contributed by atoms with E-state index in [1.54, 1.807) is 12.4 Å². The zero-order chi connectivity index (χ0) is 21.0. The Hall–Kier alpha value is -2.53. The van der Waals surface area contributed by atoms with Gasteiger partial charge < -0.3 is 10.4 Å². The highest BCUT2D eigenvalue weighted by Crippen LogP contribution is 2.56. The van der Waals surface area contributed by atoms with E-state index in [4.69, 9.17) is 0 Å². The molecule has 2 heterocycles. The molecule has 160 valence electrons. The van der Waals surface area contributed by atoms with Crippen LogP contribution in [-0.4, -0.2) is 32.5 Å². The fourth-order valence-corrected chi connectivity index (χ4v) is 6.89. The molecule has 2 N–H and O–H groups in total. The van der Waals surface area contributed by atoms with E-state index in [1.165, 1.54) is 12.8 Å². The van der Waals surface area contributed by atoms with E-state index < -0.39 is 5.60 Å². The van der Waals surface area contributed by atoms with Crippen molar-refractivity contribution in [3.63, 3.8) is 0 Å². The molecule has 3 unspecified atom stereocenters. The number of carbonyl (C=O) groups excluding carboxylic acids is 1. The second kappa shape index (κ2) is 7.27. The number of aliphatic hydroxyl groups is 1. The number of anilines is 1. The third kappa shape index (κ3) is 3.39. The molecular weight excluding hydrogens is 386 g/mol. The molecule has 0 saturated heterocycles. The third-order valence-electron chi connectivity index (χ3n) is 8.01. The molecule has 7 rings (SSSR count). The summed E-state index contributed by atoms with van der Waals surface area (Å²) in [6.45, 7) is 0. The van der Waals surface area contributed by atoms with Crippen LogP contribution in [0.25, 0.3) is 6.08 Å². The van der Waals surface area contributed by atoms with Crippen molar-refractivity contribution in [2.24, 2.45) is 17.8 Å². The molecule has 5 atom stereocenters. The number of allylic oxidation sites excluding steroid dienone is 1. The van der Waals surface area contributed by atoms with Gasteiger partial charge in [0.15, 0.2) is 5.78 Å². The van der Waals surface area contributed by atoms with Crippen LogP contribution in [0.1, 0.15) is 65.7 Å². The van der Waals surface area contributed by atoms with Crippen molar-refractivity contribution in [1.29, 1.82) is 0 Å². The first kappa shape index (κ1) is 19.2. The van der Waals surface area contributed by atoms with Crippen LogP contribution in [0.4, 0.5) is 5.69 Å². The Morgan fingerprint density at radius 1 is 1.19 bits per heavy atom. The van der Waals surface area contributed by atoms with Crippen molar-refractivity contribution in [3.8, 4) is 0 Å². The molecule has 0 aromatic carbocycles. The van der Waals surface area contributed by atoms with Crippen molar-refractivity contribution in [1.82, 2.24) is 9.97 Å². The number of rotatable bonds is 6. The second-order valence-corrected chi connectivity index (χ2v) is 10.2. The number of aromatic nitrogens is 2. The SMILES string of the molecule is O=C(CCc1cccnc1)c1cnc2c(c1NC1[C@@H]3CC4C[C@H]1CC(O)(C4)C3)C=CC2. The number of nitrogens with one attached hydrogen (secondary N) is 1. The normalized spacial score (nSPS) is 32.3. The number of pyridine rings is 2. The summed E-state index contributed by atoms with van der Waals surface area (Å²) < 4.78 is 0. The molecule has 0 radical (unpaired) electrons. The Balaban J connectivity index is 1.28. The Kier molecular flexibility index (Phi) is 4.49. The van der Waals surface area contributed by atoms with Crippen molar-refractivity contribution in [3.05, 3.63) is 59.2 Å². The maximum absolute atomic E-state index is 13.3. The zero-order valence-electron chi connectivity index (χ0n) is 17.8. The summed E-state index contributed by atoms with van der Waals surface area (Å²) in [5.74, 6) is 1.78. The summed E-state index contributed by atoms with van der Waals surface area (Å²) in [5.41, 5.74) is 4.44. The molecule has 5 aliphatic rings. The molecular formula is C26H29N3O2. The van der Waals surface area contributed by atoms with Gasteiger partial charge in [0.2, 0.25) is 0 Å². The predicted octanol–water partition coefficient (Wildman–Crippen LogP) is 4.21. The highest BCUT2D eigenvalue weighted by Gasteiger charge is 2.54. The van der Waals surface area contributed by atoms with Crippen molar-refractivity contribution in [2.75, 3.05) is 5.32 Å². The summed E-state index contributed by atoms with van der Waals surface area (Å²) >= 11 is 0. The number of nitrogens with zero attached hydrogens (tertiary/aromatic N) is 2. The minimum atomic E-state index is -0.447. The average Bonchev–Trinajstić information content (AvgIpc) is 3.23. The molecule has 4 fully saturated rings. The van der Waals surface area contributed by atoms with E-state index >= 15 is 0 Å². The maximum Gasteiger partial charge on any atom is 0.166 e. The first-order chi connectivity index (χ1) is 15.1. The zero-order valence-corrected chi connectivity index (χ0v) is 17.8. The molecule has 5 aliphatic carbocycles. The van der Waals surface area contributed by atoms with Gasteiger partial charge in [0.25, 0.3) is 0 Å². The maximum atomic E-state index is 13.3. The smallest absolute Gasteiger partial charge is 0.166 e. The monoisotopic (exact) mass is 415 g/mol. The van der Waals surface area contributed by atoms with Crippen LogP contribution in [0.3, 0.4) is 0 Å². The number of aryl methyl sites for hydroxylation is 1. The minimum absolute atomic E-state index is 0.129. The van der Waals surface area contributed by atoms with Crippen LogP contribution in [0.15, 0.2) is 36.8 Å². The number of hydrogen-bond donors (Lipinski definition) is 2. The molecule has 0 amide bonds. The van der Waals surface area contributed by atoms with Gasteiger partial charge in [-0.3, -0.25) is 14.8 Å². The molecule has 31 heavy (non-hydrogen) atoms. The number of ketones is 1. The van der Waals surface area contributed by atoms with Crippen molar-refractivity contribution < 1.29 is 9.90 Å². The topological polar surface area (TPSA) is 75.1 Å². The van der Waals surface area contributed by atoms with Crippen LogP contribution in [0.5, 0.6) is 0 Å². The summed E-state index contributed by atoms with van der Waals surface area (Å²) in [5, 5.41) is 14.8. The standard InChI is InChI=1S/C26H29N3O2/c30-23(7-6-16-3-2-8-27-14-16)21-15-28-22-5-1-4-20(22)25(21)29-24-18-9-17-10-19(24)13-26(31,11-17)12-18/h1-4,8,14-15,17-19,24,31H,5-7,9-13H2,(H,28,29)/t17?,18-,19+,24?,26?.